The quantitative estimate of drug-likeness (QED) is 0.400. The zero-order valence-electron chi connectivity index (χ0n) is 9.39. The third kappa shape index (κ3) is 4.48. The third-order valence-corrected chi connectivity index (χ3v) is 3.15. The maximum absolute atomic E-state index is 12.5. The molecule has 20 heavy (non-hydrogen) atoms. The van der Waals surface area contributed by atoms with Crippen molar-refractivity contribution in [3.63, 3.8) is 0 Å². The minimum absolute atomic E-state index is 0.107. The second kappa shape index (κ2) is 6.47. The average Bonchev–Trinajstić information content (AvgIpc) is 2.35. The molecule has 1 rings (SSSR count). The molecule has 0 saturated heterocycles. The maximum Gasteiger partial charge on any atom is 0.416 e. The SMILES string of the molecule is O=C(CCl)C(Cl)(Cl)/N=N/c1cc(C(F)(F)F)ccc1Cl. The van der Waals surface area contributed by atoms with Crippen molar-refractivity contribution in [1.29, 1.82) is 0 Å². The molecule has 0 unspecified atom stereocenters. The molecule has 0 bridgehead atoms. The number of Topliss-reactive ketones (excluding diaryl/α,β-unsaturated/α-hetero) is 1. The van der Waals surface area contributed by atoms with Crippen LogP contribution in [0.15, 0.2) is 28.4 Å². The van der Waals surface area contributed by atoms with Crippen molar-refractivity contribution < 1.29 is 18.0 Å². The first-order chi connectivity index (χ1) is 9.08. The van der Waals surface area contributed by atoms with Gasteiger partial charge in [-0.3, -0.25) is 4.79 Å². The lowest BCUT2D eigenvalue weighted by atomic mass is 10.2. The van der Waals surface area contributed by atoms with Crippen LogP contribution in [0.2, 0.25) is 5.02 Å². The Labute approximate surface area is 131 Å². The number of hydrogen-bond acceptors (Lipinski definition) is 3. The highest BCUT2D eigenvalue weighted by Crippen LogP contribution is 2.36. The van der Waals surface area contributed by atoms with E-state index in [2.05, 4.69) is 10.2 Å². The minimum atomic E-state index is -4.57. The van der Waals surface area contributed by atoms with Crippen LogP contribution in [0.4, 0.5) is 18.9 Å². The Morgan fingerprint density at radius 1 is 1.25 bits per heavy atom. The molecule has 0 fully saturated rings. The van der Waals surface area contributed by atoms with Crippen molar-refractivity contribution >= 4 is 57.9 Å². The monoisotopic (exact) mass is 366 g/mol. The summed E-state index contributed by atoms with van der Waals surface area (Å²) >= 11 is 22.0. The summed E-state index contributed by atoms with van der Waals surface area (Å²) in [5.41, 5.74) is -1.30. The van der Waals surface area contributed by atoms with Crippen LogP contribution in [0.25, 0.3) is 0 Å². The Bertz CT molecular complexity index is 546. The summed E-state index contributed by atoms with van der Waals surface area (Å²) in [5.74, 6) is -1.39. The van der Waals surface area contributed by atoms with Gasteiger partial charge in [0.1, 0.15) is 5.69 Å². The Balaban J connectivity index is 3.12. The molecule has 0 amide bonds. The van der Waals surface area contributed by atoms with E-state index in [1.54, 1.807) is 0 Å². The molecular weight excluding hydrogens is 363 g/mol. The van der Waals surface area contributed by atoms with Gasteiger partial charge < -0.3 is 0 Å². The van der Waals surface area contributed by atoms with Gasteiger partial charge in [0.05, 0.1) is 16.5 Å². The van der Waals surface area contributed by atoms with Gasteiger partial charge in [-0.15, -0.1) is 16.7 Å². The topological polar surface area (TPSA) is 41.8 Å². The molecule has 1 aromatic carbocycles. The number of hydrogen-bond donors (Lipinski definition) is 0. The number of carbonyl (C=O) groups is 1. The van der Waals surface area contributed by atoms with E-state index in [4.69, 9.17) is 46.4 Å². The molecule has 0 saturated carbocycles. The Morgan fingerprint density at radius 2 is 1.85 bits per heavy atom. The first kappa shape index (κ1) is 17.5. The smallest absolute Gasteiger partial charge is 0.293 e. The fraction of sp³-hybridized carbons (Fsp3) is 0.300. The van der Waals surface area contributed by atoms with Crippen LogP contribution in [-0.2, 0) is 11.0 Å². The fourth-order valence-electron chi connectivity index (χ4n) is 1.02. The second-order valence-corrected chi connectivity index (χ2v) is 5.42. The Kier molecular flexibility index (Phi) is 5.66. The highest BCUT2D eigenvalue weighted by molar-refractivity contribution is 6.60. The molecule has 3 nitrogen and oxygen atoms in total. The molecule has 0 heterocycles. The number of azo groups is 1. The minimum Gasteiger partial charge on any atom is -0.293 e. The summed E-state index contributed by atoms with van der Waals surface area (Å²) in [7, 11) is 0. The van der Waals surface area contributed by atoms with Crippen molar-refractivity contribution in [2.24, 2.45) is 10.2 Å². The molecule has 0 aromatic heterocycles. The van der Waals surface area contributed by atoms with E-state index in [-0.39, 0.29) is 10.7 Å². The van der Waals surface area contributed by atoms with Gasteiger partial charge >= 0.3 is 6.18 Å². The van der Waals surface area contributed by atoms with E-state index in [9.17, 15) is 18.0 Å². The summed E-state index contributed by atoms with van der Waals surface area (Å²) in [4.78, 5) is 11.2. The molecule has 0 spiro atoms. The largest absolute Gasteiger partial charge is 0.416 e. The van der Waals surface area contributed by atoms with Crippen LogP contribution in [-0.4, -0.2) is 16.1 Å². The average molecular weight is 368 g/mol. The van der Waals surface area contributed by atoms with Gasteiger partial charge in [0, 0.05) is 0 Å². The van der Waals surface area contributed by atoms with Crippen LogP contribution in [0.1, 0.15) is 5.56 Å². The molecule has 10 heteroatoms. The van der Waals surface area contributed by atoms with Gasteiger partial charge in [0.25, 0.3) is 4.46 Å². The number of alkyl halides is 6. The fourth-order valence-corrected chi connectivity index (χ4v) is 1.71. The van der Waals surface area contributed by atoms with Gasteiger partial charge in [-0.2, -0.15) is 18.3 Å². The molecular formula is C10H5Cl4F3N2O. The van der Waals surface area contributed by atoms with Gasteiger partial charge in [-0.05, 0) is 18.2 Å². The first-order valence-corrected chi connectivity index (χ1v) is 6.51. The Morgan fingerprint density at radius 3 is 2.35 bits per heavy atom. The van der Waals surface area contributed by atoms with Crippen LogP contribution >= 0.6 is 46.4 Å². The second-order valence-electron chi connectivity index (χ2n) is 3.46. The Hall–Kier alpha value is -0.560. The van der Waals surface area contributed by atoms with Crippen molar-refractivity contribution in [2.45, 2.75) is 10.6 Å². The molecule has 0 aliphatic heterocycles. The lowest BCUT2D eigenvalue weighted by Gasteiger charge is -2.10. The molecule has 0 radical (unpaired) electrons. The van der Waals surface area contributed by atoms with Crippen molar-refractivity contribution in [2.75, 3.05) is 5.88 Å². The predicted octanol–water partition coefficient (Wildman–Crippen LogP) is 5.38. The van der Waals surface area contributed by atoms with Crippen LogP contribution in [0, 0.1) is 0 Å². The van der Waals surface area contributed by atoms with E-state index in [0.29, 0.717) is 6.07 Å². The van der Waals surface area contributed by atoms with Gasteiger partial charge in [0.15, 0.2) is 0 Å². The highest BCUT2D eigenvalue weighted by Gasteiger charge is 2.33. The van der Waals surface area contributed by atoms with Crippen molar-refractivity contribution in [1.82, 2.24) is 0 Å². The van der Waals surface area contributed by atoms with E-state index in [0.717, 1.165) is 12.1 Å². The van der Waals surface area contributed by atoms with E-state index >= 15 is 0 Å². The van der Waals surface area contributed by atoms with E-state index in [1.807, 2.05) is 0 Å². The predicted molar refractivity (Wildman–Crippen MR) is 71.1 cm³/mol. The summed E-state index contributed by atoms with van der Waals surface area (Å²) in [5, 5.41) is 6.51. The zero-order chi connectivity index (χ0) is 15.6. The summed E-state index contributed by atoms with van der Waals surface area (Å²) in [6.45, 7) is 0. The lowest BCUT2D eigenvalue weighted by molar-refractivity contribution is -0.137. The number of rotatable bonds is 4. The number of halogens is 7. The summed E-state index contributed by atoms with van der Waals surface area (Å²) in [6, 6.07) is 2.42. The van der Waals surface area contributed by atoms with Crippen molar-refractivity contribution in [3.05, 3.63) is 28.8 Å². The van der Waals surface area contributed by atoms with Gasteiger partial charge in [-0.1, -0.05) is 34.8 Å². The standard InChI is InChI=1S/C10H5Cl4F3N2O/c11-4-8(20)9(13,14)19-18-7-3-5(10(15,16)17)1-2-6(7)12/h1-3H,4H2/b19-18+. The molecule has 0 N–H and O–H groups in total. The van der Waals surface area contributed by atoms with Gasteiger partial charge in [-0.25, -0.2) is 0 Å². The molecule has 0 aliphatic carbocycles. The molecule has 1 aromatic rings. The molecule has 110 valence electrons. The summed E-state index contributed by atoms with van der Waals surface area (Å²) < 4.78 is 35.3. The lowest BCUT2D eigenvalue weighted by Crippen LogP contribution is -2.24. The number of carbonyl (C=O) groups excluding carboxylic acids is 1. The van der Waals surface area contributed by atoms with Crippen LogP contribution in [0.3, 0.4) is 0 Å². The van der Waals surface area contributed by atoms with Crippen molar-refractivity contribution in [3.8, 4) is 0 Å². The molecule has 0 aliphatic rings. The normalized spacial score (nSPS) is 12.9. The van der Waals surface area contributed by atoms with E-state index in [1.165, 1.54) is 0 Å². The first-order valence-electron chi connectivity index (χ1n) is 4.84. The number of ketones is 1. The zero-order valence-corrected chi connectivity index (χ0v) is 12.4. The summed E-state index contributed by atoms with van der Waals surface area (Å²) in [6.07, 6.45) is -4.57. The highest BCUT2D eigenvalue weighted by atomic mass is 35.5. The van der Waals surface area contributed by atoms with Crippen LogP contribution in [0.5, 0.6) is 0 Å². The number of nitrogens with zero attached hydrogens (tertiary/aromatic N) is 2. The van der Waals surface area contributed by atoms with Crippen LogP contribution < -0.4 is 0 Å². The van der Waals surface area contributed by atoms with E-state index < -0.39 is 27.9 Å². The molecule has 0 atom stereocenters. The number of benzene rings is 1. The third-order valence-electron chi connectivity index (χ3n) is 2.01. The van der Waals surface area contributed by atoms with Gasteiger partial charge in [0.2, 0.25) is 5.78 Å². The maximum atomic E-state index is 12.5.